The molecule has 0 spiro atoms. The Morgan fingerprint density at radius 3 is 1.74 bits per heavy atom. The summed E-state index contributed by atoms with van der Waals surface area (Å²) in [6, 6.07) is 3.92. The Morgan fingerprint density at radius 2 is 1.37 bits per heavy atom. The number of rotatable bonds is 12. The van der Waals surface area contributed by atoms with Gasteiger partial charge in [0.15, 0.2) is 0 Å². The van der Waals surface area contributed by atoms with Crippen LogP contribution in [0.2, 0.25) is 0 Å². The van der Waals surface area contributed by atoms with E-state index >= 15 is 0 Å². The molecule has 0 atom stereocenters. The van der Waals surface area contributed by atoms with Crippen molar-refractivity contribution in [1.29, 1.82) is 0 Å². The van der Waals surface area contributed by atoms with E-state index in [0.717, 1.165) is 28.2 Å². The van der Waals surface area contributed by atoms with Crippen LogP contribution in [0.3, 0.4) is 0 Å². The molecule has 0 bridgehead atoms. The molecule has 0 aliphatic carbocycles. The minimum atomic E-state index is -5.78. The van der Waals surface area contributed by atoms with Crippen LogP contribution in [0.25, 0.3) is 0 Å². The lowest BCUT2D eigenvalue weighted by Gasteiger charge is -2.33. The maximum absolute atomic E-state index is 12.8. The van der Waals surface area contributed by atoms with Gasteiger partial charge < -0.3 is 18.2 Å². The van der Waals surface area contributed by atoms with Crippen molar-refractivity contribution in [1.82, 2.24) is 5.06 Å². The monoisotopic (exact) mass is 540 g/mol. The van der Waals surface area contributed by atoms with Gasteiger partial charge in [0.1, 0.15) is 6.67 Å². The van der Waals surface area contributed by atoms with E-state index in [1.807, 2.05) is 60.6 Å². The van der Waals surface area contributed by atoms with Gasteiger partial charge in [0.05, 0.1) is 0 Å². The van der Waals surface area contributed by atoms with Crippen LogP contribution in [0, 0.1) is 0 Å². The third-order valence-corrected chi connectivity index (χ3v) is 9.20. The number of hydrogen-bond donors (Lipinski definition) is 0. The van der Waals surface area contributed by atoms with Crippen molar-refractivity contribution >= 4 is 29.8 Å². The van der Waals surface area contributed by atoms with Crippen molar-refractivity contribution in [3.05, 3.63) is 35.7 Å². The fourth-order valence-electron chi connectivity index (χ4n) is 3.78. The highest BCUT2D eigenvalue weighted by atomic mass is 32.2. The highest BCUT2D eigenvalue weighted by Crippen LogP contribution is 2.38. The SMILES string of the molecule is CCO[Si](OCC)(OCC)c1cc(C(C)C)c(N2C=CN(OS(=O)(=O)C(F)(F)F)C2)c(C(C)C)c1. The second-order valence-electron chi connectivity index (χ2n) is 8.47. The predicted molar refractivity (Wildman–Crippen MR) is 129 cm³/mol. The molecule has 0 saturated carbocycles. The van der Waals surface area contributed by atoms with E-state index in [1.54, 1.807) is 4.90 Å². The average molecular weight is 541 g/mol. The Kier molecular flexibility index (Phi) is 9.81. The first-order valence-electron chi connectivity index (χ1n) is 11.6. The normalized spacial score (nSPS) is 15.2. The van der Waals surface area contributed by atoms with Crippen LogP contribution in [0.15, 0.2) is 24.5 Å². The van der Waals surface area contributed by atoms with Gasteiger partial charge in [-0.3, -0.25) is 0 Å². The lowest BCUT2D eigenvalue weighted by atomic mass is 9.92. The summed E-state index contributed by atoms with van der Waals surface area (Å²) in [5.41, 5.74) is -2.97. The lowest BCUT2D eigenvalue weighted by molar-refractivity contribution is -0.0800. The predicted octanol–water partition coefficient (Wildman–Crippen LogP) is 4.52. The number of halogens is 3. The fraction of sp³-hybridized carbons (Fsp3) is 0.636. The van der Waals surface area contributed by atoms with E-state index in [1.165, 1.54) is 6.20 Å². The zero-order valence-electron chi connectivity index (χ0n) is 21.2. The number of benzene rings is 1. The van der Waals surface area contributed by atoms with E-state index < -0.39 is 24.4 Å². The molecule has 0 amide bonds. The van der Waals surface area contributed by atoms with E-state index in [4.69, 9.17) is 13.3 Å². The van der Waals surface area contributed by atoms with Crippen molar-refractivity contribution in [2.24, 2.45) is 0 Å². The molecule has 0 aromatic heterocycles. The van der Waals surface area contributed by atoms with Crippen LogP contribution in [-0.2, 0) is 27.7 Å². The molecule has 0 fully saturated rings. The Bertz CT molecular complexity index is 955. The summed E-state index contributed by atoms with van der Waals surface area (Å²) in [6.45, 7) is 14.6. The van der Waals surface area contributed by atoms with Gasteiger partial charge in [0, 0.05) is 43.1 Å². The molecule has 0 unspecified atom stereocenters. The van der Waals surface area contributed by atoms with Gasteiger partial charge in [0.25, 0.3) is 0 Å². The van der Waals surface area contributed by atoms with Crippen LogP contribution in [-0.4, -0.2) is 54.3 Å². The molecule has 200 valence electrons. The standard InChI is InChI=1S/C22H35F3N2O6SSi/c1-8-30-35(31-9-2,32-10-3)18-13-19(16(4)5)21(20(14-18)17(6)7)26-11-12-27(15-26)33-34(28,29)22(23,24)25/h11-14,16-17H,8-10,15H2,1-7H3. The number of hydrogen-bond acceptors (Lipinski definition) is 8. The minimum absolute atomic E-state index is 0.0151. The third kappa shape index (κ3) is 6.57. The van der Waals surface area contributed by atoms with Gasteiger partial charge >= 0.3 is 24.4 Å². The third-order valence-electron chi connectivity index (χ3n) is 5.24. The van der Waals surface area contributed by atoms with Gasteiger partial charge in [-0.15, -0.1) is 4.28 Å². The summed E-state index contributed by atoms with van der Waals surface area (Å²) in [7, 11) is -9.01. The molecule has 13 heteroatoms. The van der Waals surface area contributed by atoms with Crippen molar-refractivity contribution in [2.45, 2.75) is 65.8 Å². The first-order chi connectivity index (χ1) is 16.2. The lowest BCUT2D eigenvalue weighted by Crippen LogP contribution is -2.57. The molecule has 1 heterocycles. The molecule has 0 N–H and O–H groups in total. The first kappa shape index (κ1) is 29.6. The number of anilines is 1. The topological polar surface area (TPSA) is 77.5 Å². The van der Waals surface area contributed by atoms with E-state index in [2.05, 4.69) is 4.28 Å². The number of alkyl halides is 3. The smallest absolute Gasteiger partial charge is 0.370 e. The maximum Gasteiger partial charge on any atom is 0.537 e. The Hall–Kier alpha value is -1.64. The zero-order valence-corrected chi connectivity index (χ0v) is 23.0. The fourth-order valence-corrected chi connectivity index (χ4v) is 6.76. The Morgan fingerprint density at radius 1 is 0.914 bits per heavy atom. The second kappa shape index (κ2) is 11.6. The van der Waals surface area contributed by atoms with Gasteiger partial charge in [0.2, 0.25) is 0 Å². The van der Waals surface area contributed by atoms with Gasteiger partial charge in [-0.25, -0.2) is 5.06 Å². The molecule has 1 aromatic carbocycles. The highest BCUT2D eigenvalue weighted by Gasteiger charge is 2.49. The molecule has 2 rings (SSSR count). The molecular weight excluding hydrogens is 505 g/mol. The number of nitrogens with zero attached hydrogens (tertiary/aromatic N) is 2. The van der Waals surface area contributed by atoms with Gasteiger partial charge in [-0.1, -0.05) is 39.8 Å². The van der Waals surface area contributed by atoms with Crippen molar-refractivity contribution < 1.29 is 39.2 Å². The van der Waals surface area contributed by atoms with Crippen LogP contribution >= 0.6 is 0 Å². The van der Waals surface area contributed by atoms with E-state index in [-0.39, 0.29) is 18.5 Å². The van der Waals surface area contributed by atoms with Crippen molar-refractivity contribution in [2.75, 3.05) is 31.4 Å². The largest absolute Gasteiger partial charge is 0.537 e. The molecule has 0 saturated heterocycles. The van der Waals surface area contributed by atoms with Crippen molar-refractivity contribution in [3.63, 3.8) is 0 Å². The first-order valence-corrected chi connectivity index (χ1v) is 14.7. The molecular formula is C22H35F3N2O6SSi. The summed E-state index contributed by atoms with van der Waals surface area (Å²) in [5, 5.41) is 1.44. The summed E-state index contributed by atoms with van der Waals surface area (Å²) >= 11 is 0. The highest BCUT2D eigenvalue weighted by molar-refractivity contribution is 7.87. The second-order valence-corrected chi connectivity index (χ2v) is 12.5. The minimum Gasteiger partial charge on any atom is -0.370 e. The molecule has 0 radical (unpaired) electrons. The van der Waals surface area contributed by atoms with E-state index in [0.29, 0.717) is 24.9 Å². The van der Waals surface area contributed by atoms with Gasteiger partial charge in [-0.05, 0) is 43.7 Å². The summed E-state index contributed by atoms with van der Waals surface area (Å²) < 4.78 is 83.9. The molecule has 8 nitrogen and oxygen atoms in total. The van der Waals surface area contributed by atoms with Crippen LogP contribution in [0.1, 0.15) is 71.4 Å². The molecule has 35 heavy (non-hydrogen) atoms. The summed E-state index contributed by atoms with van der Waals surface area (Å²) in [5.74, 6) is 0.0302. The Balaban J connectivity index is 2.59. The summed E-state index contributed by atoms with van der Waals surface area (Å²) in [6.07, 6.45) is 2.65. The van der Waals surface area contributed by atoms with E-state index in [9.17, 15) is 21.6 Å². The van der Waals surface area contributed by atoms with Crippen LogP contribution in [0.4, 0.5) is 18.9 Å². The summed E-state index contributed by atoms with van der Waals surface area (Å²) in [4.78, 5) is 1.67. The molecule has 1 aliphatic heterocycles. The molecule has 1 aliphatic rings. The Labute approximate surface area is 207 Å². The number of hydroxylamine groups is 2. The zero-order chi connectivity index (χ0) is 26.6. The van der Waals surface area contributed by atoms with Crippen molar-refractivity contribution in [3.8, 4) is 0 Å². The average Bonchev–Trinajstić information content (AvgIpc) is 3.19. The van der Waals surface area contributed by atoms with Crippen LogP contribution < -0.4 is 10.1 Å². The van der Waals surface area contributed by atoms with Gasteiger partial charge in [-0.2, -0.15) is 21.6 Å². The quantitative estimate of drug-likeness (QED) is 0.283. The maximum atomic E-state index is 12.8. The van der Waals surface area contributed by atoms with Crippen LogP contribution in [0.5, 0.6) is 0 Å². The molecule has 1 aromatic rings.